The highest BCUT2D eigenvalue weighted by Gasteiger charge is 2.41. The van der Waals surface area contributed by atoms with Crippen LogP contribution in [-0.2, 0) is 0 Å². The first-order valence-corrected chi connectivity index (χ1v) is 3.83. The lowest BCUT2D eigenvalue weighted by Gasteiger charge is -2.30. The summed E-state index contributed by atoms with van der Waals surface area (Å²) >= 11 is 0. The minimum Gasteiger partial charge on any atom is -0.304 e. The summed E-state index contributed by atoms with van der Waals surface area (Å²) in [6.45, 7) is 1.79. The Bertz CT molecular complexity index is 132. The van der Waals surface area contributed by atoms with Crippen LogP contribution in [-0.4, -0.2) is 18.3 Å². The molecule has 1 nitrogen and oxygen atoms in total. The Morgan fingerprint density at radius 2 is 1.91 bits per heavy atom. The van der Waals surface area contributed by atoms with E-state index in [0.717, 1.165) is 6.42 Å². The van der Waals surface area contributed by atoms with Gasteiger partial charge in [0.15, 0.2) is 0 Å². The molecule has 1 aliphatic heterocycles. The Kier molecular flexibility index (Phi) is 2.42. The van der Waals surface area contributed by atoms with Gasteiger partial charge in [0.1, 0.15) is 6.04 Å². The molecule has 4 heteroatoms. The fourth-order valence-corrected chi connectivity index (χ4v) is 1.40. The third-order valence-corrected chi connectivity index (χ3v) is 2.01. The maximum atomic E-state index is 12.1. The molecule has 11 heavy (non-hydrogen) atoms. The Labute approximate surface area is 64.0 Å². The van der Waals surface area contributed by atoms with E-state index < -0.39 is 12.2 Å². The number of piperidine rings is 1. The maximum Gasteiger partial charge on any atom is 0.403 e. The molecule has 0 unspecified atom stereocenters. The fraction of sp³-hybridized carbons (Fsp3) is 1.00. The SMILES string of the molecule is C[C@H]1CCC[C@H](C(F)(F)F)N1. The van der Waals surface area contributed by atoms with Gasteiger partial charge >= 0.3 is 6.18 Å². The summed E-state index contributed by atoms with van der Waals surface area (Å²) in [6.07, 6.45) is -2.30. The number of rotatable bonds is 0. The van der Waals surface area contributed by atoms with Crippen molar-refractivity contribution in [2.75, 3.05) is 0 Å². The lowest BCUT2D eigenvalue weighted by atomic mass is 9.99. The molecular weight excluding hydrogens is 155 g/mol. The van der Waals surface area contributed by atoms with Crippen molar-refractivity contribution in [1.29, 1.82) is 0 Å². The van der Waals surface area contributed by atoms with Gasteiger partial charge in [-0.2, -0.15) is 13.2 Å². The van der Waals surface area contributed by atoms with Crippen LogP contribution in [0.4, 0.5) is 13.2 Å². The maximum absolute atomic E-state index is 12.1. The van der Waals surface area contributed by atoms with Gasteiger partial charge in [-0.25, -0.2) is 0 Å². The van der Waals surface area contributed by atoms with Crippen molar-refractivity contribution in [2.45, 2.75) is 44.4 Å². The Hall–Kier alpha value is -0.250. The van der Waals surface area contributed by atoms with Crippen LogP contribution in [0.1, 0.15) is 26.2 Å². The lowest BCUT2D eigenvalue weighted by molar-refractivity contribution is -0.162. The molecule has 0 spiro atoms. The van der Waals surface area contributed by atoms with Crippen molar-refractivity contribution >= 4 is 0 Å². The largest absolute Gasteiger partial charge is 0.403 e. The number of halogens is 3. The van der Waals surface area contributed by atoms with Gasteiger partial charge in [0.25, 0.3) is 0 Å². The van der Waals surface area contributed by atoms with Crippen molar-refractivity contribution in [1.82, 2.24) is 5.32 Å². The van der Waals surface area contributed by atoms with Crippen LogP contribution in [0, 0.1) is 0 Å². The molecule has 1 saturated heterocycles. The molecule has 0 aromatic heterocycles. The monoisotopic (exact) mass is 167 g/mol. The zero-order chi connectivity index (χ0) is 8.48. The first-order valence-electron chi connectivity index (χ1n) is 3.83. The molecule has 0 aromatic carbocycles. The lowest BCUT2D eigenvalue weighted by Crippen LogP contribution is -2.49. The average molecular weight is 167 g/mol. The first kappa shape index (κ1) is 8.84. The van der Waals surface area contributed by atoms with E-state index in [-0.39, 0.29) is 12.5 Å². The van der Waals surface area contributed by atoms with Gasteiger partial charge in [-0.1, -0.05) is 6.42 Å². The van der Waals surface area contributed by atoms with Crippen LogP contribution >= 0.6 is 0 Å². The van der Waals surface area contributed by atoms with E-state index in [1.807, 2.05) is 0 Å². The second kappa shape index (κ2) is 3.01. The van der Waals surface area contributed by atoms with Gasteiger partial charge in [-0.15, -0.1) is 0 Å². The van der Waals surface area contributed by atoms with E-state index in [0.29, 0.717) is 6.42 Å². The average Bonchev–Trinajstić information content (AvgIpc) is 1.86. The Morgan fingerprint density at radius 1 is 1.27 bits per heavy atom. The molecule has 0 aromatic rings. The standard InChI is InChI=1S/C7H12F3N/c1-5-3-2-4-6(11-5)7(8,9)10/h5-6,11H,2-4H2,1H3/t5-,6+/m0/s1. The minimum atomic E-state index is -4.06. The van der Waals surface area contributed by atoms with E-state index in [4.69, 9.17) is 0 Å². The van der Waals surface area contributed by atoms with Gasteiger partial charge in [0.05, 0.1) is 0 Å². The van der Waals surface area contributed by atoms with Gasteiger partial charge in [0, 0.05) is 6.04 Å². The summed E-state index contributed by atoms with van der Waals surface area (Å²) in [4.78, 5) is 0. The molecular formula is C7H12F3N. The van der Waals surface area contributed by atoms with Crippen molar-refractivity contribution in [3.8, 4) is 0 Å². The molecule has 0 radical (unpaired) electrons. The second-order valence-electron chi connectivity index (χ2n) is 3.09. The first-order chi connectivity index (χ1) is 5.00. The molecule has 0 saturated carbocycles. The van der Waals surface area contributed by atoms with Gasteiger partial charge in [0.2, 0.25) is 0 Å². The van der Waals surface area contributed by atoms with Crippen LogP contribution < -0.4 is 5.32 Å². The molecule has 0 amide bonds. The fourth-order valence-electron chi connectivity index (χ4n) is 1.40. The summed E-state index contributed by atoms with van der Waals surface area (Å²) in [7, 11) is 0. The molecule has 66 valence electrons. The zero-order valence-corrected chi connectivity index (χ0v) is 6.41. The Morgan fingerprint density at radius 3 is 2.27 bits per heavy atom. The van der Waals surface area contributed by atoms with Crippen LogP contribution in [0.2, 0.25) is 0 Å². The van der Waals surface area contributed by atoms with Crippen molar-refractivity contribution in [3.05, 3.63) is 0 Å². The van der Waals surface area contributed by atoms with E-state index in [9.17, 15) is 13.2 Å². The van der Waals surface area contributed by atoms with E-state index in [2.05, 4.69) is 5.32 Å². The second-order valence-corrected chi connectivity index (χ2v) is 3.09. The number of nitrogens with one attached hydrogen (secondary N) is 1. The predicted octanol–water partition coefficient (Wildman–Crippen LogP) is 2.08. The summed E-state index contributed by atoms with van der Waals surface area (Å²) in [6, 6.07) is -1.26. The van der Waals surface area contributed by atoms with Crippen molar-refractivity contribution in [2.24, 2.45) is 0 Å². The third kappa shape index (κ3) is 2.36. The summed E-state index contributed by atoms with van der Waals surface area (Å²) < 4.78 is 36.2. The molecule has 1 rings (SSSR count). The molecule has 1 aliphatic rings. The molecule has 1 heterocycles. The van der Waals surface area contributed by atoms with Crippen LogP contribution in [0.5, 0.6) is 0 Å². The summed E-state index contributed by atoms with van der Waals surface area (Å²) in [5.74, 6) is 0. The molecule has 1 fully saturated rings. The molecule has 2 atom stereocenters. The van der Waals surface area contributed by atoms with Crippen LogP contribution in [0.25, 0.3) is 0 Å². The van der Waals surface area contributed by atoms with E-state index in [1.165, 1.54) is 0 Å². The van der Waals surface area contributed by atoms with Gasteiger partial charge in [-0.05, 0) is 19.8 Å². The highest BCUT2D eigenvalue weighted by atomic mass is 19.4. The van der Waals surface area contributed by atoms with E-state index in [1.54, 1.807) is 6.92 Å². The Balaban J connectivity index is 2.46. The highest BCUT2D eigenvalue weighted by molar-refractivity contribution is 4.82. The van der Waals surface area contributed by atoms with E-state index >= 15 is 0 Å². The smallest absolute Gasteiger partial charge is 0.304 e. The third-order valence-electron chi connectivity index (χ3n) is 2.01. The minimum absolute atomic E-state index is 0.00961. The van der Waals surface area contributed by atoms with Gasteiger partial charge < -0.3 is 5.32 Å². The zero-order valence-electron chi connectivity index (χ0n) is 6.41. The van der Waals surface area contributed by atoms with Crippen LogP contribution in [0.15, 0.2) is 0 Å². The quantitative estimate of drug-likeness (QED) is 0.582. The molecule has 0 bridgehead atoms. The van der Waals surface area contributed by atoms with Gasteiger partial charge in [-0.3, -0.25) is 0 Å². The predicted molar refractivity (Wildman–Crippen MR) is 36.3 cm³/mol. The number of hydrogen-bond donors (Lipinski definition) is 1. The number of alkyl halides is 3. The molecule has 1 N–H and O–H groups in total. The highest BCUT2D eigenvalue weighted by Crippen LogP contribution is 2.27. The van der Waals surface area contributed by atoms with Crippen molar-refractivity contribution in [3.63, 3.8) is 0 Å². The summed E-state index contributed by atoms with van der Waals surface area (Å²) in [5.41, 5.74) is 0. The topological polar surface area (TPSA) is 12.0 Å². The van der Waals surface area contributed by atoms with Crippen LogP contribution in [0.3, 0.4) is 0 Å². The number of hydrogen-bond acceptors (Lipinski definition) is 1. The normalized spacial score (nSPS) is 33.8. The summed E-state index contributed by atoms with van der Waals surface area (Å²) in [5, 5.41) is 2.53. The van der Waals surface area contributed by atoms with Crippen molar-refractivity contribution < 1.29 is 13.2 Å². The molecule has 0 aliphatic carbocycles.